The number of ketones is 1. The van der Waals surface area contributed by atoms with Gasteiger partial charge in [0.2, 0.25) is 0 Å². The zero-order valence-electron chi connectivity index (χ0n) is 16.4. The molecule has 2 N–H and O–H groups in total. The molecule has 1 atom stereocenters. The van der Waals surface area contributed by atoms with Crippen LogP contribution >= 0.6 is 11.6 Å². The van der Waals surface area contributed by atoms with Gasteiger partial charge in [-0.05, 0) is 54.6 Å². The summed E-state index contributed by atoms with van der Waals surface area (Å²) in [5.41, 5.74) is 1.44. The first kappa shape index (κ1) is 21.2. The summed E-state index contributed by atoms with van der Waals surface area (Å²) < 4.78 is 5.37. The standard InChI is InChI=1S/C23H25ClN2O3/c1-2-29-12-6-10-25-22(16-7-4-3-5-8-16)21(27)14-18-13-17-9-11-26-23(28)19(17)15-20(18)24/h3-5,7-9,11,13,15,22,25H,2,6,10,12,14H2,1H3,(H,26,28). The second-order valence-corrected chi connectivity index (χ2v) is 7.24. The number of halogens is 1. The zero-order valence-corrected chi connectivity index (χ0v) is 17.2. The molecule has 5 nitrogen and oxygen atoms in total. The molecule has 0 radical (unpaired) electrons. The third-order valence-electron chi connectivity index (χ3n) is 4.78. The van der Waals surface area contributed by atoms with E-state index in [4.69, 9.17) is 16.3 Å². The Bertz CT molecular complexity index is 1020. The summed E-state index contributed by atoms with van der Waals surface area (Å²) in [5.74, 6) is 0.0266. The smallest absolute Gasteiger partial charge is 0.255 e. The van der Waals surface area contributed by atoms with Crippen LogP contribution in [0.4, 0.5) is 0 Å². The molecule has 0 spiro atoms. The van der Waals surface area contributed by atoms with Crippen molar-refractivity contribution in [3.63, 3.8) is 0 Å². The maximum Gasteiger partial charge on any atom is 0.255 e. The van der Waals surface area contributed by atoms with Crippen molar-refractivity contribution in [1.82, 2.24) is 10.3 Å². The first-order valence-electron chi connectivity index (χ1n) is 9.78. The molecule has 0 amide bonds. The highest BCUT2D eigenvalue weighted by atomic mass is 35.5. The van der Waals surface area contributed by atoms with Gasteiger partial charge >= 0.3 is 0 Å². The molecule has 3 aromatic rings. The lowest BCUT2D eigenvalue weighted by molar-refractivity contribution is -0.120. The van der Waals surface area contributed by atoms with Crippen LogP contribution in [0.2, 0.25) is 5.02 Å². The van der Waals surface area contributed by atoms with E-state index in [0.717, 1.165) is 17.4 Å². The molecule has 29 heavy (non-hydrogen) atoms. The van der Waals surface area contributed by atoms with E-state index in [9.17, 15) is 9.59 Å². The number of benzene rings is 2. The first-order valence-corrected chi connectivity index (χ1v) is 10.2. The third-order valence-corrected chi connectivity index (χ3v) is 5.13. The zero-order chi connectivity index (χ0) is 20.6. The minimum atomic E-state index is -0.427. The van der Waals surface area contributed by atoms with Gasteiger partial charge in [-0.1, -0.05) is 41.9 Å². The third kappa shape index (κ3) is 5.54. The number of carbonyl (C=O) groups excluding carboxylic acids is 1. The normalized spacial score (nSPS) is 12.2. The lowest BCUT2D eigenvalue weighted by Crippen LogP contribution is -2.31. The van der Waals surface area contributed by atoms with Crippen molar-refractivity contribution in [2.75, 3.05) is 19.8 Å². The van der Waals surface area contributed by atoms with E-state index in [-0.39, 0.29) is 17.8 Å². The Balaban J connectivity index is 1.79. The van der Waals surface area contributed by atoms with Gasteiger partial charge in [0.15, 0.2) is 5.78 Å². The van der Waals surface area contributed by atoms with Crippen LogP contribution in [-0.2, 0) is 16.0 Å². The Labute approximate surface area is 175 Å². The van der Waals surface area contributed by atoms with Crippen LogP contribution in [0.25, 0.3) is 10.8 Å². The predicted octanol–water partition coefficient (Wildman–Crippen LogP) is 4.05. The minimum Gasteiger partial charge on any atom is -0.382 e. The van der Waals surface area contributed by atoms with E-state index < -0.39 is 6.04 Å². The van der Waals surface area contributed by atoms with Gasteiger partial charge < -0.3 is 15.0 Å². The van der Waals surface area contributed by atoms with Gasteiger partial charge in [0.25, 0.3) is 5.56 Å². The number of Topliss-reactive ketones (excluding diaryl/α,β-unsaturated/α-hetero) is 1. The van der Waals surface area contributed by atoms with E-state index >= 15 is 0 Å². The molecular weight excluding hydrogens is 388 g/mol. The molecule has 0 saturated heterocycles. The van der Waals surface area contributed by atoms with E-state index in [1.54, 1.807) is 12.3 Å². The molecule has 152 valence electrons. The van der Waals surface area contributed by atoms with Crippen LogP contribution in [0.15, 0.2) is 59.5 Å². The van der Waals surface area contributed by atoms with Crippen LogP contribution in [0.5, 0.6) is 0 Å². The summed E-state index contributed by atoms with van der Waals surface area (Å²) in [7, 11) is 0. The van der Waals surface area contributed by atoms with Gasteiger partial charge in [0.05, 0.1) is 6.04 Å². The van der Waals surface area contributed by atoms with Gasteiger partial charge in [-0.15, -0.1) is 0 Å². The van der Waals surface area contributed by atoms with Gasteiger partial charge in [0.1, 0.15) is 0 Å². The Morgan fingerprint density at radius 1 is 1.21 bits per heavy atom. The summed E-state index contributed by atoms with van der Waals surface area (Å²) in [6.07, 6.45) is 2.60. The highest BCUT2D eigenvalue weighted by Gasteiger charge is 2.21. The fraction of sp³-hybridized carbons (Fsp3) is 0.304. The minimum absolute atomic E-state index is 0.0266. The van der Waals surface area contributed by atoms with Gasteiger partial charge in [-0.2, -0.15) is 0 Å². The number of hydrogen-bond donors (Lipinski definition) is 2. The van der Waals surface area contributed by atoms with Gasteiger partial charge in [0, 0.05) is 36.2 Å². The van der Waals surface area contributed by atoms with E-state index in [1.807, 2.05) is 49.4 Å². The van der Waals surface area contributed by atoms with Gasteiger partial charge in [-0.3, -0.25) is 9.59 Å². The van der Waals surface area contributed by atoms with E-state index in [2.05, 4.69) is 10.3 Å². The van der Waals surface area contributed by atoms with Crippen molar-refractivity contribution in [3.8, 4) is 0 Å². The number of nitrogens with one attached hydrogen (secondary N) is 2. The maximum absolute atomic E-state index is 13.2. The molecule has 0 bridgehead atoms. The van der Waals surface area contributed by atoms with E-state index in [0.29, 0.717) is 35.7 Å². The molecule has 0 aliphatic carbocycles. The molecular formula is C23H25ClN2O3. The Morgan fingerprint density at radius 3 is 2.76 bits per heavy atom. The Morgan fingerprint density at radius 2 is 2.00 bits per heavy atom. The summed E-state index contributed by atoms with van der Waals surface area (Å²) in [5, 5.41) is 5.06. The lowest BCUT2D eigenvalue weighted by atomic mass is 9.96. The molecule has 0 aliphatic heterocycles. The second-order valence-electron chi connectivity index (χ2n) is 6.83. The van der Waals surface area contributed by atoms with Crippen LogP contribution in [0, 0.1) is 0 Å². The highest BCUT2D eigenvalue weighted by Crippen LogP contribution is 2.25. The molecule has 0 saturated carbocycles. The number of aromatic amines is 1. The Hall–Kier alpha value is -2.47. The van der Waals surface area contributed by atoms with Crippen LogP contribution < -0.4 is 10.9 Å². The number of ether oxygens (including phenoxy) is 1. The number of rotatable bonds is 10. The second kappa shape index (κ2) is 10.3. The fourth-order valence-corrected chi connectivity index (χ4v) is 3.54. The summed E-state index contributed by atoms with van der Waals surface area (Å²) in [6.45, 7) is 3.98. The quantitative estimate of drug-likeness (QED) is 0.493. The van der Waals surface area contributed by atoms with Crippen molar-refractivity contribution in [2.24, 2.45) is 0 Å². The molecule has 2 aromatic carbocycles. The van der Waals surface area contributed by atoms with Crippen molar-refractivity contribution >= 4 is 28.2 Å². The molecule has 1 heterocycles. The van der Waals surface area contributed by atoms with Crippen molar-refractivity contribution in [2.45, 2.75) is 25.8 Å². The first-order chi connectivity index (χ1) is 14.1. The van der Waals surface area contributed by atoms with Crippen LogP contribution in [-0.4, -0.2) is 30.5 Å². The van der Waals surface area contributed by atoms with Crippen molar-refractivity contribution in [3.05, 3.63) is 81.2 Å². The van der Waals surface area contributed by atoms with Crippen molar-refractivity contribution in [1.29, 1.82) is 0 Å². The molecule has 0 fully saturated rings. The Kier molecular flexibility index (Phi) is 7.58. The van der Waals surface area contributed by atoms with Gasteiger partial charge in [-0.25, -0.2) is 0 Å². The fourth-order valence-electron chi connectivity index (χ4n) is 3.31. The van der Waals surface area contributed by atoms with E-state index in [1.165, 1.54) is 0 Å². The predicted molar refractivity (Wildman–Crippen MR) is 117 cm³/mol. The summed E-state index contributed by atoms with van der Waals surface area (Å²) >= 11 is 6.39. The highest BCUT2D eigenvalue weighted by molar-refractivity contribution is 6.32. The number of fused-ring (bicyclic) bond motifs is 1. The van der Waals surface area contributed by atoms with Crippen LogP contribution in [0.3, 0.4) is 0 Å². The monoisotopic (exact) mass is 412 g/mol. The average molecular weight is 413 g/mol. The number of pyridine rings is 1. The topological polar surface area (TPSA) is 71.2 Å². The number of aromatic nitrogens is 1. The van der Waals surface area contributed by atoms with Crippen molar-refractivity contribution < 1.29 is 9.53 Å². The number of H-pyrrole nitrogens is 1. The molecule has 1 unspecified atom stereocenters. The summed E-state index contributed by atoms with van der Waals surface area (Å²) in [4.78, 5) is 27.8. The number of hydrogen-bond acceptors (Lipinski definition) is 4. The number of carbonyl (C=O) groups is 1. The average Bonchev–Trinajstić information content (AvgIpc) is 2.72. The molecule has 3 rings (SSSR count). The lowest BCUT2D eigenvalue weighted by Gasteiger charge is -2.19. The molecule has 1 aromatic heterocycles. The molecule has 0 aliphatic rings. The SMILES string of the molecule is CCOCCCNC(C(=O)Cc1cc2cc[nH]c(=O)c2cc1Cl)c1ccccc1. The summed E-state index contributed by atoms with van der Waals surface area (Å²) in [6, 6.07) is 14.5. The van der Waals surface area contributed by atoms with Crippen LogP contribution in [0.1, 0.15) is 30.5 Å². The molecule has 6 heteroatoms. The maximum atomic E-state index is 13.2. The largest absolute Gasteiger partial charge is 0.382 e.